The fourth-order valence-corrected chi connectivity index (χ4v) is 3.70. The van der Waals surface area contributed by atoms with E-state index < -0.39 is 16.1 Å². The molecular formula is C18H21ClN2O4S. The summed E-state index contributed by atoms with van der Waals surface area (Å²) in [7, 11) is -2.24. The minimum Gasteiger partial charge on any atom is -0.383 e. The average molecular weight is 397 g/mol. The molecule has 1 amide bonds. The Labute approximate surface area is 158 Å². The van der Waals surface area contributed by atoms with Crippen LogP contribution in [0.15, 0.2) is 59.5 Å². The Bertz CT molecular complexity index is 811. The Hall–Kier alpha value is -1.93. The van der Waals surface area contributed by atoms with Crippen molar-refractivity contribution in [2.24, 2.45) is 0 Å². The average Bonchev–Trinajstić information content (AvgIpc) is 2.62. The van der Waals surface area contributed by atoms with Gasteiger partial charge in [0.25, 0.3) is 0 Å². The second kappa shape index (κ2) is 9.68. The number of amides is 1. The zero-order valence-electron chi connectivity index (χ0n) is 14.3. The van der Waals surface area contributed by atoms with Gasteiger partial charge in [-0.25, -0.2) is 13.1 Å². The van der Waals surface area contributed by atoms with Gasteiger partial charge in [-0.15, -0.1) is 0 Å². The van der Waals surface area contributed by atoms with E-state index in [1.54, 1.807) is 42.5 Å². The minimum absolute atomic E-state index is 0.0442. The minimum atomic E-state index is -3.78. The van der Waals surface area contributed by atoms with Gasteiger partial charge in [0.05, 0.1) is 17.5 Å². The van der Waals surface area contributed by atoms with Crippen molar-refractivity contribution >= 4 is 27.5 Å². The van der Waals surface area contributed by atoms with Gasteiger partial charge in [0.2, 0.25) is 15.9 Å². The summed E-state index contributed by atoms with van der Waals surface area (Å²) < 4.78 is 32.8. The standard InChI is InChI=1S/C18H21ClN2O4S/c1-25-12-11-20-18(22)13-17(14-7-9-15(19)10-8-14)21-26(23,24)16-5-3-2-4-6-16/h2-10,17,21H,11-13H2,1H3,(H,20,22)/t17-/m1/s1. The second-order valence-electron chi connectivity index (χ2n) is 5.59. The van der Waals surface area contributed by atoms with Gasteiger partial charge in [0, 0.05) is 25.1 Å². The predicted octanol–water partition coefficient (Wildman–Crippen LogP) is 2.51. The maximum absolute atomic E-state index is 12.6. The fourth-order valence-electron chi connectivity index (χ4n) is 2.33. The van der Waals surface area contributed by atoms with Crippen LogP contribution in [0.5, 0.6) is 0 Å². The van der Waals surface area contributed by atoms with Crippen LogP contribution >= 0.6 is 11.6 Å². The van der Waals surface area contributed by atoms with Gasteiger partial charge in [0.1, 0.15) is 0 Å². The Morgan fingerprint density at radius 1 is 1.12 bits per heavy atom. The first kappa shape index (κ1) is 20.4. The highest BCUT2D eigenvalue weighted by molar-refractivity contribution is 7.89. The molecule has 0 spiro atoms. The molecule has 0 aliphatic rings. The van der Waals surface area contributed by atoms with Crippen LogP contribution in [0.25, 0.3) is 0 Å². The third-order valence-corrected chi connectivity index (χ3v) is 5.38. The molecule has 26 heavy (non-hydrogen) atoms. The molecule has 0 saturated carbocycles. The van der Waals surface area contributed by atoms with Crippen molar-refractivity contribution in [3.8, 4) is 0 Å². The van der Waals surface area contributed by atoms with Crippen LogP contribution in [-0.4, -0.2) is 34.6 Å². The largest absolute Gasteiger partial charge is 0.383 e. The Morgan fingerprint density at radius 3 is 2.38 bits per heavy atom. The van der Waals surface area contributed by atoms with Crippen LogP contribution in [0, 0.1) is 0 Å². The van der Waals surface area contributed by atoms with Crippen molar-refractivity contribution in [3.63, 3.8) is 0 Å². The fraction of sp³-hybridized carbons (Fsp3) is 0.278. The molecular weight excluding hydrogens is 376 g/mol. The maximum atomic E-state index is 12.6. The first-order chi connectivity index (χ1) is 12.4. The first-order valence-electron chi connectivity index (χ1n) is 8.01. The lowest BCUT2D eigenvalue weighted by molar-refractivity contribution is -0.121. The number of halogens is 1. The molecule has 0 saturated heterocycles. The molecule has 0 radical (unpaired) electrons. The number of ether oxygens (including phenoxy) is 1. The molecule has 140 valence electrons. The number of carbonyl (C=O) groups is 1. The molecule has 1 atom stereocenters. The van der Waals surface area contributed by atoms with Crippen LogP contribution in [-0.2, 0) is 19.6 Å². The first-order valence-corrected chi connectivity index (χ1v) is 9.87. The Balaban J connectivity index is 2.20. The second-order valence-corrected chi connectivity index (χ2v) is 7.74. The molecule has 0 aliphatic carbocycles. The number of rotatable bonds is 9. The van der Waals surface area contributed by atoms with Crippen molar-refractivity contribution in [1.82, 2.24) is 10.0 Å². The van der Waals surface area contributed by atoms with Gasteiger partial charge in [-0.2, -0.15) is 0 Å². The summed E-state index contributed by atoms with van der Waals surface area (Å²) in [6.07, 6.45) is -0.0442. The van der Waals surface area contributed by atoms with Gasteiger partial charge in [-0.1, -0.05) is 41.9 Å². The van der Waals surface area contributed by atoms with Crippen molar-refractivity contribution in [3.05, 3.63) is 65.2 Å². The van der Waals surface area contributed by atoms with E-state index in [0.29, 0.717) is 23.7 Å². The van der Waals surface area contributed by atoms with Crippen LogP contribution in [0.2, 0.25) is 5.02 Å². The molecule has 0 bridgehead atoms. The summed E-state index contributed by atoms with van der Waals surface area (Å²) in [6, 6.07) is 14.0. The van der Waals surface area contributed by atoms with Crippen molar-refractivity contribution < 1.29 is 17.9 Å². The molecule has 8 heteroatoms. The van der Waals surface area contributed by atoms with E-state index in [9.17, 15) is 13.2 Å². The molecule has 2 N–H and O–H groups in total. The third kappa shape index (κ3) is 6.10. The maximum Gasteiger partial charge on any atom is 0.241 e. The lowest BCUT2D eigenvalue weighted by atomic mass is 10.0. The van der Waals surface area contributed by atoms with E-state index in [0.717, 1.165) is 0 Å². The van der Waals surface area contributed by atoms with Crippen molar-refractivity contribution in [2.75, 3.05) is 20.3 Å². The smallest absolute Gasteiger partial charge is 0.241 e. The quantitative estimate of drug-likeness (QED) is 0.638. The highest BCUT2D eigenvalue weighted by Crippen LogP contribution is 2.22. The topological polar surface area (TPSA) is 84.5 Å². The van der Waals surface area contributed by atoms with E-state index in [-0.39, 0.29) is 17.2 Å². The molecule has 0 aromatic heterocycles. The monoisotopic (exact) mass is 396 g/mol. The van der Waals surface area contributed by atoms with E-state index in [2.05, 4.69) is 10.0 Å². The van der Waals surface area contributed by atoms with Crippen LogP contribution < -0.4 is 10.0 Å². The zero-order chi connectivity index (χ0) is 19.0. The molecule has 0 heterocycles. The Kier molecular flexibility index (Phi) is 7.59. The van der Waals surface area contributed by atoms with Gasteiger partial charge >= 0.3 is 0 Å². The number of benzene rings is 2. The van der Waals surface area contributed by atoms with E-state index >= 15 is 0 Å². The number of hydrogen-bond donors (Lipinski definition) is 2. The third-order valence-electron chi connectivity index (χ3n) is 3.64. The summed E-state index contributed by atoms with van der Waals surface area (Å²) in [6.45, 7) is 0.737. The van der Waals surface area contributed by atoms with Gasteiger partial charge < -0.3 is 10.1 Å². The van der Waals surface area contributed by atoms with Crippen LogP contribution in [0.4, 0.5) is 0 Å². The summed E-state index contributed by atoms with van der Waals surface area (Å²) in [5, 5.41) is 3.23. The lowest BCUT2D eigenvalue weighted by Gasteiger charge is -2.19. The van der Waals surface area contributed by atoms with Gasteiger partial charge in [-0.3, -0.25) is 4.79 Å². The van der Waals surface area contributed by atoms with Crippen molar-refractivity contribution in [1.29, 1.82) is 0 Å². The SMILES string of the molecule is COCCNC(=O)C[C@@H](NS(=O)(=O)c1ccccc1)c1ccc(Cl)cc1. The van der Waals surface area contributed by atoms with Crippen LogP contribution in [0.1, 0.15) is 18.0 Å². The summed E-state index contributed by atoms with van der Waals surface area (Å²) >= 11 is 5.90. The predicted molar refractivity (Wildman–Crippen MR) is 100 cm³/mol. The highest BCUT2D eigenvalue weighted by Gasteiger charge is 2.23. The van der Waals surface area contributed by atoms with E-state index in [4.69, 9.17) is 16.3 Å². The number of methoxy groups -OCH3 is 1. The lowest BCUT2D eigenvalue weighted by Crippen LogP contribution is -2.34. The Morgan fingerprint density at radius 2 is 1.77 bits per heavy atom. The van der Waals surface area contributed by atoms with E-state index in [1.165, 1.54) is 19.2 Å². The van der Waals surface area contributed by atoms with Gasteiger partial charge in [-0.05, 0) is 29.8 Å². The molecule has 2 rings (SSSR count). The van der Waals surface area contributed by atoms with Gasteiger partial charge in [0.15, 0.2) is 0 Å². The van der Waals surface area contributed by atoms with Crippen LogP contribution in [0.3, 0.4) is 0 Å². The van der Waals surface area contributed by atoms with E-state index in [1.807, 2.05) is 0 Å². The highest BCUT2D eigenvalue weighted by atomic mass is 35.5. The number of sulfonamides is 1. The van der Waals surface area contributed by atoms with Crippen molar-refractivity contribution in [2.45, 2.75) is 17.4 Å². The summed E-state index contributed by atoms with van der Waals surface area (Å²) in [5.74, 6) is -0.280. The number of carbonyl (C=O) groups excluding carboxylic acids is 1. The summed E-state index contributed by atoms with van der Waals surface area (Å²) in [5.41, 5.74) is 0.649. The summed E-state index contributed by atoms with van der Waals surface area (Å²) in [4.78, 5) is 12.3. The molecule has 2 aromatic carbocycles. The molecule has 0 fully saturated rings. The number of hydrogen-bond acceptors (Lipinski definition) is 4. The zero-order valence-corrected chi connectivity index (χ0v) is 15.9. The normalized spacial score (nSPS) is 12.5. The molecule has 6 nitrogen and oxygen atoms in total. The molecule has 0 unspecified atom stereocenters. The molecule has 2 aromatic rings. The number of nitrogens with one attached hydrogen (secondary N) is 2. The molecule has 0 aliphatic heterocycles.